The molecule has 2 N–H and O–H groups in total. The first kappa shape index (κ1) is 18.9. The van der Waals surface area contributed by atoms with Gasteiger partial charge in [-0.25, -0.2) is 0 Å². The molecule has 0 bridgehead atoms. The Morgan fingerprint density at radius 2 is 2.14 bits per heavy atom. The van der Waals surface area contributed by atoms with E-state index in [2.05, 4.69) is 26.5 Å². The van der Waals surface area contributed by atoms with Crippen LogP contribution < -0.4 is 10.6 Å². The van der Waals surface area contributed by atoms with Crippen molar-refractivity contribution in [3.05, 3.63) is 51.2 Å². The van der Waals surface area contributed by atoms with Gasteiger partial charge in [0, 0.05) is 53.6 Å². The summed E-state index contributed by atoms with van der Waals surface area (Å²) >= 11 is 7.92. The molecule has 1 fully saturated rings. The summed E-state index contributed by atoms with van der Waals surface area (Å²) in [5.41, 5.74) is 2.06. The van der Waals surface area contributed by atoms with Crippen molar-refractivity contribution < 1.29 is 4.79 Å². The van der Waals surface area contributed by atoms with Gasteiger partial charge in [-0.1, -0.05) is 17.7 Å². The van der Waals surface area contributed by atoms with E-state index in [0.29, 0.717) is 13.1 Å². The predicted molar refractivity (Wildman–Crippen MR) is 118 cm³/mol. The number of halogens is 1. The number of aliphatic imine (C=N–C) groups is 1. The largest absolute Gasteiger partial charge is 0.362 e. The second-order valence-corrected chi connectivity index (χ2v) is 9.30. The van der Waals surface area contributed by atoms with Crippen LogP contribution in [-0.4, -0.2) is 59.9 Å². The van der Waals surface area contributed by atoms with Crippen LogP contribution in [0.2, 0.25) is 5.02 Å². The van der Waals surface area contributed by atoms with Gasteiger partial charge >= 0.3 is 0 Å². The van der Waals surface area contributed by atoms with Gasteiger partial charge in [-0.3, -0.25) is 14.7 Å². The molecule has 29 heavy (non-hydrogen) atoms. The lowest BCUT2D eigenvalue weighted by Crippen LogP contribution is -2.63. The number of amidine groups is 1. The molecular weight excluding hydrogens is 406 g/mol. The molecule has 3 aliphatic heterocycles. The van der Waals surface area contributed by atoms with Crippen molar-refractivity contribution >= 4 is 40.4 Å². The highest BCUT2D eigenvalue weighted by molar-refractivity contribution is 7.09. The second-order valence-electron chi connectivity index (χ2n) is 7.84. The number of carbonyl (C=O) groups excluding carboxylic acids is 1. The molecule has 2 aromatic rings. The Hall–Kier alpha value is -2.09. The van der Waals surface area contributed by atoms with E-state index in [1.54, 1.807) is 11.3 Å². The normalized spacial score (nSPS) is 20.0. The van der Waals surface area contributed by atoms with Crippen LogP contribution in [0.5, 0.6) is 0 Å². The van der Waals surface area contributed by atoms with Gasteiger partial charge in [-0.15, -0.1) is 11.3 Å². The molecule has 1 saturated heterocycles. The van der Waals surface area contributed by atoms with Gasteiger partial charge < -0.3 is 15.5 Å². The van der Waals surface area contributed by atoms with E-state index < -0.39 is 0 Å². The third kappa shape index (κ3) is 3.63. The SMILES string of the molecule is O=C(CN1CCC2(CC1)Nc1cc(Cl)ccc1C1=NCCN12)NCc1cccs1. The number of carbonyl (C=O) groups is 1. The minimum absolute atomic E-state index is 0.0894. The van der Waals surface area contributed by atoms with Crippen molar-refractivity contribution in [2.75, 3.05) is 38.0 Å². The molecule has 0 saturated carbocycles. The molecule has 5 rings (SSSR count). The number of rotatable bonds is 4. The van der Waals surface area contributed by atoms with Crippen molar-refractivity contribution in [1.82, 2.24) is 15.1 Å². The number of benzene rings is 1. The Bertz CT molecular complexity index is 937. The topological polar surface area (TPSA) is 60.0 Å². The number of amides is 1. The number of nitrogens with zero attached hydrogens (tertiary/aromatic N) is 3. The molecule has 3 aliphatic rings. The van der Waals surface area contributed by atoms with Crippen LogP contribution in [0.15, 0.2) is 40.7 Å². The van der Waals surface area contributed by atoms with Gasteiger partial charge in [0.25, 0.3) is 0 Å². The quantitative estimate of drug-likeness (QED) is 0.784. The molecule has 6 nitrogen and oxygen atoms in total. The van der Waals surface area contributed by atoms with E-state index in [0.717, 1.165) is 61.1 Å². The first-order chi connectivity index (χ1) is 14.1. The molecule has 152 valence electrons. The Kier molecular flexibility index (Phi) is 4.97. The van der Waals surface area contributed by atoms with Crippen LogP contribution in [0.1, 0.15) is 23.3 Å². The lowest BCUT2D eigenvalue weighted by atomic mass is 9.90. The zero-order valence-corrected chi connectivity index (χ0v) is 17.7. The summed E-state index contributed by atoms with van der Waals surface area (Å²) in [7, 11) is 0. The van der Waals surface area contributed by atoms with E-state index in [1.807, 2.05) is 29.6 Å². The zero-order chi connectivity index (χ0) is 19.8. The van der Waals surface area contributed by atoms with Crippen LogP contribution >= 0.6 is 22.9 Å². The maximum atomic E-state index is 12.3. The lowest BCUT2D eigenvalue weighted by molar-refractivity contribution is -0.122. The summed E-state index contributed by atoms with van der Waals surface area (Å²) in [6, 6.07) is 10.0. The lowest BCUT2D eigenvalue weighted by Gasteiger charge is -2.52. The van der Waals surface area contributed by atoms with Crippen LogP contribution in [0.4, 0.5) is 5.69 Å². The van der Waals surface area contributed by atoms with Crippen molar-refractivity contribution in [2.45, 2.75) is 25.0 Å². The van der Waals surface area contributed by atoms with Gasteiger partial charge in [-0.05, 0) is 29.6 Å². The molecule has 0 unspecified atom stereocenters. The van der Waals surface area contributed by atoms with Gasteiger partial charge in [-0.2, -0.15) is 0 Å². The maximum absolute atomic E-state index is 12.3. The van der Waals surface area contributed by atoms with Gasteiger partial charge in [0.05, 0.1) is 19.6 Å². The van der Waals surface area contributed by atoms with Gasteiger partial charge in [0.1, 0.15) is 11.5 Å². The number of piperidine rings is 1. The van der Waals surface area contributed by atoms with Crippen LogP contribution in [0.3, 0.4) is 0 Å². The van der Waals surface area contributed by atoms with E-state index >= 15 is 0 Å². The fraction of sp³-hybridized carbons (Fsp3) is 0.429. The molecule has 1 amide bonds. The van der Waals surface area contributed by atoms with Gasteiger partial charge in [0.2, 0.25) is 5.91 Å². The Morgan fingerprint density at radius 3 is 2.93 bits per heavy atom. The number of thiophene rings is 1. The molecular formula is C21H24ClN5OS. The van der Waals surface area contributed by atoms with Crippen LogP contribution in [0.25, 0.3) is 0 Å². The zero-order valence-electron chi connectivity index (χ0n) is 16.2. The number of nitrogens with one attached hydrogen (secondary N) is 2. The molecule has 4 heterocycles. The van der Waals surface area contributed by atoms with Gasteiger partial charge in [0.15, 0.2) is 0 Å². The summed E-state index contributed by atoms with van der Waals surface area (Å²) < 4.78 is 0. The minimum Gasteiger partial charge on any atom is -0.362 e. The Morgan fingerprint density at radius 1 is 1.28 bits per heavy atom. The molecule has 8 heteroatoms. The molecule has 0 aliphatic carbocycles. The second kappa shape index (κ2) is 7.63. The summed E-state index contributed by atoms with van der Waals surface area (Å²) in [5.74, 6) is 1.17. The highest BCUT2D eigenvalue weighted by Crippen LogP contribution is 2.40. The Labute approximate surface area is 179 Å². The van der Waals surface area contributed by atoms with Crippen molar-refractivity contribution in [1.29, 1.82) is 0 Å². The highest BCUT2D eigenvalue weighted by Gasteiger charge is 2.46. The first-order valence-electron chi connectivity index (χ1n) is 10.0. The smallest absolute Gasteiger partial charge is 0.234 e. The third-order valence-corrected chi connectivity index (χ3v) is 7.15. The Balaban J connectivity index is 1.24. The molecule has 1 aromatic carbocycles. The molecule has 1 spiro atoms. The molecule has 0 atom stereocenters. The third-order valence-electron chi connectivity index (χ3n) is 6.04. The monoisotopic (exact) mass is 429 g/mol. The van der Waals surface area contributed by atoms with E-state index in [1.165, 1.54) is 4.88 Å². The van der Waals surface area contributed by atoms with Crippen LogP contribution in [-0.2, 0) is 11.3 Å². The predicted octanol–water partition coefficient (Wildman–Crippen LogP) is 3.00. The number of fused-ring (bicyclic) bond motifs is 4. The van der Waals surface area contributed by atoms with E-state index in [-0.39, 0.29) is 11.6 Å². The highest BCUT2D eigenvalue weighted by atomic mass is 35.5. The van der Waals surface area contributed by atoms with E-state index in [4.69, 9.17) is 16.6 Å². The maximum Gasteiger partial charge on any atom is 0.234 e. The number of likely N-dealkylation sites (tertiary alicyclic amines) is 1. The number of hydrogen-bond acceptors (Lipinski definition) is 6. The summed E-state index contributed by atoms with van der Waals surface area (Å²) in [5, 5.41) is 9.57. The number of hydrogen-bond donors (Lipinski definition) is 2. The van der Waals surface area contributed by atoms with Crippen molar-refractivity contribution in [3.63, 3.8) is 0 Å². The molecule has 1 aromatic heterocycles. The fourth-order valence-electron chi connectivity index (χ4n) is 4.56. The summed E-state index contributed by atoms with van der Waals surface area (Å²) in [4.78, 5) is 23.0. The van der Waals surface area contributed by atoms with Crippen molar-refractivity contribution in [2.24, 2.45) is 4.99 Å². The standard InChI is InChI=1S/C21H24ClN5OS/c22-15-3-4-17-18(12-15)25-21(27-10-7-23-20(17)27)5-8-26(9-6-21)14-19(28)24-13-16-2-1-11-29-16/h1-4,11-12,25H,5-10,13-14H2,(H,24,28). The summed E-state index contributed by atoms with van der Waals surface area (Å²) in [6.45, 7) is 4.57. The van der Waals surface area contributed by atoms with E-state index in [9.17, 15) is 4.79 Å². The van der Waals surface area contributed by atoms with Crippen molar-refractivity contribution in [3.8, 4) is 0 Å². The minimum atomic E-state index is -0.142. The first-order valence-corrected chi connectivity index (χ1v) is 11.3. The van der Waals surface area contributed by atoms with Crippen LogP contribution in [0, 0.1) is 0 Å². The average Bonchev–Trinajstić information content (AvgIpc) is 3.41. The summed E-state index contributed by atoms with van der Waals surface area (Å²) in [6.07, 6.45) is 1.88. The number of anilines is 1. The molecule has 0 radical (unpaired) electrons. The average molecular weight is 430 g/mol. The fourth-order valence-corrected chi connectivity index (χ4v) is 5.38.